The molecule has 1 aromatic carbocycles. The Balaban J connectivity index is 2.05. The van der Waals surface area contributed by atoms with Crippen molar-refractivity contribution in [3.05, 3.63) is 29.8 Å². The van der Waals surface area contributed by atoms with Crippen LogP contribution in [-0.2, 0) is 9.47 Å². The summed E-state index contributed by atoms with van der Waals surface area (Å²) >= 11 is 0. The summed E-state index contributed by atoms with van der Waals surface area (Å²) in [5, 5.41) is 9.04. The van der Waals surface area contributed by atoms with Crippen LogP contribution in [0.25, 0.3) is 0 Å². The molecule has 4 nitrogen and oxygen atoms in total. The molecule has 0 aliphatic carbocycles. The van der Waals surface area contributed by atoms with E-state index in [0.29, 0.717) is 6.61 Å². The van der Waals surface area contributed by atoms with Crippen molar-refractivity contribution in [3.8, 4) is 5.75 Å². The van der Waals surface area contributed by atoms with Crippen LogP contribution in [0.1, 0.15) is 18.3 Å². The maximum absolute atomic E-state index is 9.04. The zero-order valence-electron chi connectivity index (χ0n) is 9.26. The van der Waals surface area contributed by atoms with Gasteiger partial charge in [0.05, 0.1) is 26.4 Å². The van der Waals surface area contributed by atoms with Gasteiger partial charge in [-0.15, -0.1) is 0 Å². The van der Waals surface area contributed by atoms with Crippen molar-refractivity contribution in [2.45, 2.75) is 18.8 Å². The zero-order chi connectivity index (χ0) is 11.4. The van der Waals surface area contributed by atoms with Gasteiger partial charge in [-0.25, -0.2) is 0 Å². The Kier molecular flexibility index (Phi) is 3.77. The van der Waals surface area contributed by atoms with Gasteiger partial charge in [0.1, 0.15) is 5.75 Å². The number of hydrogen-bond acceptors (Lipinski definition) is 4. The number of hydrogen-bond donors (Lipinski definition) is 1. The number of ether oxygens (including phenoxy) is 3. The van der Waals surface area contributed by atoms with Gasteiger partial charge in [0, 0.05) is 5.56 Å². The summed E-state index contributed by atoms with van der Waals surface area (Å²) in [5.41, 5.74) is 0.943. The van der Waals surface area contributed by atoms with Gasteiger partial charge in [0.25, 0.3) is 0 Å². The molecule has 0 radical (unpaired) electrons. The van der Waals surface area contributed by atoms with E-state index in [1.807, 2.05) is 24.3 Å². The van der Waals surface area contributed by atoms with E-state index >= 15 is 0 Å². The summed E-state index contributed by atoms with van der Waals surface area (Å²) in [6.45, 7) is 0.651. The fraction of sp³-hybridized carbons (Fsp3) is 0.500. The molecule has 0 saturated carbocycles. The monoisotopic (exact) mass is 224 g/mol. The molecule has 0 bridgehead atoms. The zero-order valence-corrected chi connectivity index (χ0v) is 9.26. The van der Waals surface area contributed by atoms with E-state index in [0.717, 1.165) is 17.7 Å². The molecule has 2 atom stereocenters. The summed E-state index contributed by atoms with van der Waals surface area (Å²) in [6.07, 6.45) is 0.237. The molecule has 1 aliphatic heterocycles. The largest absolute Gasteiger partial charge is 0.497 e. The molecule has 4 heteroatoms. The second kappa shape index (κ2) is 5.30. The molecule has 0 aromatic heterocycles. The van der Waals surface area contributed by atoms with Crippen molar-refractivity contribution < 1.29 is 19.3 Å². The molecule has 1 unspecified atom stereocenters. The molecule has 1 aromatic rings. The third-order valence-electron chi connectivity index (χ3n) is 2.62. The van der Waals surface area contributed by atoms with Gasteiger partial charge in [-0.3, -0.25) is 0 Å². The van der Waals surface area contributed by atoms with E-state index in [9.17, 15) is 0 Å². The first kappa shape index (κ1) is 11.4. The molecule has 0 spiro atoms. The quantitative estimate of drug-likeness (QED) is 0.845. The van der Waals surface area contributed by atoms with Crippen LogP contribution in [0.2, 0.25) is 0 Å². The molecular weight excluding hydrogens is 208 g/mol. The van der Waals surface area contributed by atoms with Crippen molar-refractivity contribution in [2.24, 2.45) is 0 Å². The summed E-state index contributed by atoms with van der Waals surface area (Å²) in [4.78, 5) is 0. The topological polar surface area (TPSA) is 47.9 Å². The Morgan fingerprint density at radius 1 is 1.38 bits per heavy atom. The van der Waals surface area contributed by atoms with E-state index in [1.54, 1.807) is 7.11 Å². The molecule has 1 heterocycles. The van der Waals surface area contributed by atoms with Crippen LogP contribution < -0.4 is 4.74 Å². The second-order valence-electron chi connectivity index (χ2n) is 3.71. The molecular formula is C12H16O4. The highest BCUT2D eigenvalue weighted by Gasteiger charge is 2.23. The van der Waals surface area contributed by atoms with Gasteiger partial charge >= 0.3 is 0 Å². The predicted octanol–water partition coefficient (Wildman–Crippen LogP) is 1.49. The number of rotatable bonds is 3. The Labute approximate surface area is 94.8 Å². The van der Waals surface area contributed by atoms with Crippen molar-refractivity contribution in [1.29, 1.82) is 0 Å². The lowest BCUT2D eigenvalue weighted by molar-refractivity contribution is -0.224. The fourth-order valence-corrected chi connectivity index (χ4v) is 1.66. The van der Waals surface area contributed by atoms with Crippen molar-refractivity contribution in [2.75, 3.05) is 20.3 Å². The summed E-state index contributed by atoms with van der Waals surface area (Å²) in [6, 6.07) is 7.54. The summed E-state index contributed by atoms with van der Waals surface area (Å²) in [7, 11) is 1.63. The highest BCUT2D eigenvalue weighted by Crippen LogP contribution is 2.27. The molecule has 1 aliphatic rings. The molecule has 2 rings (SSSR count). The Morgan fingerprint density at radius 2 is 2.12 bits per heavy atom. The summed E-state index contributed by atoms with van der Waals surface area (Å²) in [5.74, 6) is 0.804. The van der Waals surface area contributed by atoms with Crippen molar-refractivity contribution in [3.63, 3.8) is 0 Å². The Morgan fingerprint density at radius 3 is 2.75 bits per heavy atom. The lowest BCUT2D eigenvalue weighted by Crippen LogP contribution is -2.29. The van der Waals surface area contributed by atoms with E-state index in [4.69, 9.17) is 19.3 Å². The SMILES string of the molecule is COc1ccc(C2OCC[C@H](CO)O2)cc1. The third-order valence-corrected chi connectivity index (χ3v) is 2.62. The highest BCUT2D eigenvalue weighted by molar-refractivity contribution is 5.27. The normalized spacial score (nSPS) is 25.4. The van der Waals surface area contributed by atoms with Gasteiger partial charge < -0.3 is 19.3 Å². The summed E-state index contributed by atoms with van der Waals surface area (Å²) < 4.78 is 16.2. The van der Waals surface area contributed by atoms with E-state index in [2.05, 4.69) is 0 Å². The first-order valence-electron chi connectivity index (χ1n) is 5.35. The fourth-order valence-electron chi connectivity index (χ4n) is 1.66. The Bertz CT molecular complexity index is 322. The average molecular weight is 224 g/mol. The van der Waals surface area contributed by atoms with Crippen LogP contribution in [0.4, 0.5) is 0 Å². The molecule has 0 amide bonds. The number of benzene rings is 1. The van der Waals surface area contributed by atoms with Crippen LogP contribution in [0.5, 0.6) is 5.75 Å². The number of aliphatic hydroxyl groups excluding tert-OH is 1. The molecule has 1 fully saturated rings. The average Bonchev–Trinajstić information content (AvgIpc) is 2.39. The highest BCUT2D eigenvalue weighted by atomic mass is 16.7. The lowest BCUT2D eigenvalue weighted by atomic mass is 10.2. The Hall–Kier alpha value is -1.10. The number of aliphatic hydroxyl groups is 1. The molecule has 1 N–H and O–H groups in total. The maximum atomic E-state index is 9.04. The predicted molar refractivity (Wildman–Crippen MR) is 58.3 cm³/mol. The second-order valence-corrected chi connectivity index (χ2v) is 3.71. The van der Waals surface area contributed by atoms with E-state index < -0.39 is 0 Å². The van der Waals surface area contributed by atoms with Crippen LogP contribution in [0.15, 0.2) is 24.3 Å². The molecule has 1 saturated heterocycles. The van der Waals surface area contributed by atoms with E-state index in [1.165, 1.54) is 0 Å². The van der Waals surface area contributed by atoms with Gasteiger partial charge in [0.15, 0.2) is 6.29 Å². The first-order valence-corrected chi connectivity index (χ1v) is 5.35. The third kappa shape index (κ3) is 2.52. The molecule has 88 valence electrons. The van der Waals surface area contributed by atoms with Gasteiger partial charge in [-0.05, 0) is 18.6 Å². The van der Waals surface area contributed by atoms with Crippen LogP contribution >= 0.6 is 0 Å². The minimum atomic E-state index is -0.378. The van der Waals surface area contributed by atoms with E-state index in [-0.39, 0.29) is 19.0 Å². The van der Waals surface area contributed by atoms with Crippen LogP contribution in [0.3, 0.4) is 0 Å². The van der Waals surface area contributed by atoms with Crippen molar-refractivity contribution >= 4 is 0 Å². The van der Waals surface area contributed by atoms with Gasteiger partial charge in [0.2, 0.25) is 0 Å². The van der Waals surface area contributed by atoms with Crippen LogP contribution in [-0.4, -0.2) is 31.5 Å². The number of methoxy groups -OCH3 is 1. The van der Waals surface area contributed by atoms with Crippen LogP contribution in [0, 0.1) is 0 Å². The minimum absolute atomic E-state index is 0.0377. The molecule has 16 heavy (non-hydrogen) atoms. The van der Waals surface area contributed by atoms with Crippen molar-refractivity contribution in [1.82, 2.24) is 0 Å². The van der Waals surface area contributed by atoms with Gasteiger partial charge in [-0.1, -0.05) is 12.1 Å². The maximum Gasteiger partial charge on any atom is 0.184 e. The standard InChI is InChI=1S/C12H16O4/c1-14-10-4-2-9(3-5-10)12-15-7-6-11(8-13)16-12/h2-5,11-13H,6-8H2,1H3/t11-,12?/m1/s1. The smallest absolute Gasteiger partial charge is 0.184 e. The first-order chi connectivity index (χ1) is 7.83. The minimum Gasteiger partial charge on any atom is -0.497 e. The van der Waals surface area contributed by atoms with Gasteiger partial charge in [-0.2, -0.15) is 0 Å². The lowest BCUT2D eigenvalue weighted by Gasteiger charge is -2.29.